The Morgan fingerprint density at radius 3 is 2.75 bits per heavy atom. The average molecular weight is 390 g/mol. The second kappa shape index (κ2) is 8.41. The molecule has 0 radical (unpaired) electrons. The molecule has 2 saturated heterocycles. The number of imidazole rings is 1. The minimum absolute atomic E-state index is 0.0130. The number of hydrogen-bond acceptors (Lipinski definition) is 5. The quantitative estimate of drug-likeness (QED) is 0.462. The lowest BCUT2D eigenvalue weighted by molar-refractivity contribution is -0.141. The Balaban J connectivity index is 1.77. The maximum atomic E-state index is 13.2. The molecule has 4 atom stereocenters. The van der Waals surface area contributed by atoms with Crippen LogP contribution in [0.1, 0.15) is 38.3 Å². The maximum Gasteiger partial charge on any atom is 0.246 e. The summed E-state index contributed by atoms with van der Waals surface area (Å²) in [6.45, 7) is 2.38. The smallest absolute Gasteiger partial charge is 0.246 e. The van der Waals surface area contributed by atoms with E-state index in [4.69, 9.17) is 5.73 Å². The zero-order valence-electron chi connectivity index (χ0n) is 15.8. The Morgan fingerprint density at radius 2 is 2.18 bits per heavy atom. The molecule has 1 aromatic rings. The van der Waals surface area contributed by atoms with Crippen molar-refractivity contribution in [2.24, 2.45) is 11.7 Å². The molecule has 0 bridgehead atoms. The van der Waals surface area contributed by atoms with Crippen molar-refractivity contribution in [2.75, 3.05) is 6.54 Å². The number of hydrogen-bond donors (Lipinski definition) is 4. The van der Waals surface area contributed by atoms with E-state index in [1.165, 1.54) is 11.2 Å². The van der Waals surface area contributed by atoms with Crippen LogP contribution in [0.3, 0.4) is 0 Å². The molecule has 3 heterocycles. The van der Waals surface area contributed by atoms with E-state index in [2.05, 4.69) is 20.6 Å². The van der Waals surface area contributed by atoms with Crippen molar-refractivity contribution in [3.05, 3.63) is 18.2 Å². The fraction of sp³-hybridized carbons (Fsp3) is 0.611. The van der Waals surface area contributed by atoms with E-state index in [-0.39, 0.29) is 30.6 Å². The van der Waals surface area contributed by atoms with Crippen LogP contribution in [0.25, 0.3) is 0 Å². The van der Waals surface area contributed by atoms with Crippen LogP contribution in [0, 0.1) is 5.92 Å². The predicted molar refractivity (Wildman–Crippen MR) is 98.5 cm³/mol. The number of aromatic amines is 1. The SMILES string of the molecule is CC[C@H]1CCN(C(=O)[C@H](Cc2cnc[nH]2)NC(=O)[C@@H]2CCC(=O)N2)[C@@H]1C(N)=O. The Kier molecular flexibility index (Phi) is 5.96. The number of nitrogens with one attached hydrogen (secondary N) is 3. The maximum absolute atomic E-state index is 13.2. The highest BCUT2D eigenvalue weighted by Gasteiger charge is 2.42. The van der Waals surface area contributed by atoms with Gasteiger partial charge in [0.15, 0.2) is 0 Å². The number of nitrogens with two attached hydrogens (primary N) is 1. The van der Waals surface area contributed by atoms with Gasteiger partial charge in [0.05, 0.1) is 6.33 Å². The van der Waals surface area contributed by atoms with Gasteiger partial charge in [0, 0.05) is 31.3 Å². The van der Waals surface area contributed by atoms with E-state index in [1.807, 2.05) is 6.92 Å². The standard InChI is InChI=1S/C18H26N6O4/c1-2-10-5-6-24(15(10)16(19)26)18(28)13(7-11-8-20-9-21-11)23-17(27)12-3-4-14(25)22-12/h8-10,12-13,15H,2-7H2,1H3,(H2,19,26)(H,20,21)(H,22,25)(H,23,27)/t10-,12-,13-,15-/m0/s1. The van der Waals surface area contributed by atoms with Gasteiger partial charge in [0.1, 0.15) is 18.1 Å². The lowest BCUT2D eigenvalue weighted by Crippen LogP contribution is -2.56. The molecular formula is C18H26N6O4. The molecule has 10 heteroatoms. The summed E-state index contributed by atoms with van der Waals surface area (Å²) in [5, 5.41) is 5.34. The number of carbonyl (C=O) groups is 4. The van der Waals surface area contributed by atoms with Crippen LogP contribution in [0.2, 0.25) is 0 Å². The third-order valence-corrected chi connectivity index (χ3v) is 5.53. The van der Waals surface area contributed by atoms with Crippen molar-refractivity contribution in [1.29, 1.82) is 0 Å². The first-order valence-corrected chi connectivity index (χ1v) is 9.57. The van der Waals surface area contributed by atoms with Crippen molar-refractivity contribution in [1.82, 2.24) is 25.5 Å². The molecule has 1 aromatic heterocycles. The summed E-state index contributed by atoms with van der Waals surface area (Å²) in [6.07, 6.45) is 5.37. The topological polar surface area (TPSA) is 150 Å². The van der Waals surface area contributed by atoms with Crippen LogP contribution < -0.4 is 16.4 Å². The van der Waals surface area contributed by atoms with E-state index in [1.54, 1.807) is 6.20 Å². The largest absolute Gasteiger partial charge is 0.368 e. The predicted octanol–water partition coefficient (Wildman–Crippen LogP) is -1.17. The van der Waals surface area contributed by atoms with Crippen molar-refractivity contribution in [3.63, 3.8) is 0 Å². The molecule has 28 heavy (non-hydrogen) atoms. The first-order valence-electron chi connectivity index (χ1n) is 9.57. The number of H-pyrrole nitrogens is 1. The van der Waals surface area contributed by atoms with Gasteiger partial charge in [-0.1, -0.05) is 13.3 Å². The molecule has 0 aromatic carbocycles. The van der Waals surface area contributed by atoms with Crippen LogP contribution in [0.5, 0.6) is 0 Å². The molecule has 152 valence electrons. The number of aromatic nitrogens is 2. The van der Waals surface area contributed by atoms with E-state index in [0.29, 0.717) is 25.1 Å². The summed E-state index contributed by atoms with van der Waals surface area (Å²) >= 11 is 0. The van der Waals surface area contributed by atoms with Crippen molar-refractivity contribution < 1.29 is 19.2 Å². The van der Waals surface area contributed by atoms with Crippen LogP contribution >= 0.6 is 0 Å². The van der Waals surface area contributed by atoms with E-state index >= 15 is 0 Å². The van der Waals surface area contributed by atoms with Gasteiger partial charge in [0.25, 0.3) is 0 Å². The molecule has 4 amide bonds. The average Bonchev–Trinajstić information content (AvgIpc) is 3.40. The molecule has 0 unspecified atom stereocenters. The summed E-state index contributed by atoms with van der Waals surface area (Å²) in [6, 6.07) is -2.22. The van der Waals surface area contributed by atoms with Gasteiger partial charge < -0.3 is 26.3 Å². The summed E-state index contributed by atoms with van der Waals surface area (Å²) < 4.78 is 0. The van der Waals surface area contributed by atoms with Crippen LogP contribution in [0.4, 0.5) is 0 Å². The van der Waals surface area contributed by atoms with Crippen molar-refractivity contribution in [3.8, 4) is 0 Å². The number of amides is 4. The normalized spacial score (nSPS) is 25.4. The summed E-state index contributed by atoms with van der Waals surface area (Å²) in [5.74, 6) is -1.47. The highest BCUT2D eigenvalue weighted by molar-refractivity contribution is 5.95. The minimum Gasteiger partial charge on any atom is -0.368 e. The molecule has 5 N–H and O–H groups in total. The number of carbonyl (C=O) groups excluding carboxylic acids is 4. The Hall–Kier alpha value is -2.91. The highest BCUT2D eigenvalue weighted by atomic mass is 16.2. The Morgan fingerprint density at radius 1 is 1.39 bits per heavy atom. The van der Waals surface area contributed by atoms with Gasteiger partial charge in [-0.25, -0.2) is 4.98 Å². The molecule has 2 aliphatic rings. The lowest BCUT2D eigenvalue weighted by Gasteiger charge is -2.29. The number of rotatable bonds is 7. The first-order chi connectivity index (χ1) is 13.4. The zero-order valence-corrected chi connectivity index (χ0v) is 15.8. The molecule has 2 aliphatic heterocycles. The highest BCUT2D eigenvalue weighted by Crippen LogP contribution is 2.28. The fourth-order valence-electron chi connectivity index (χ4n) is 4.02. The molecule has 0 aliphatic carbocycles. The lowest BCUT2D eigenvalue weighted by atomic mass is 9.97. The van der Waals surface area contributed by atoms with Gasteiger partial charge in [-0.05, 0) is 18.8 Å². The minimum atomic E-state index is -0.886. The van der Waals surface area contributed by atoms with E-state index in [0.717, 1.165) is 6.42 Å². The molecule has 0 spiro atoms. The Bertz CT molecular complexity index is 749. The van der Waals surface area contributed by atoms with E-state index < -0.39 is 29.9 Å². The number of likely N-dealkylation sites (tertiary alicyclic amines) is 1. The molecular weight excluding hydrogens is 364 g/mol. The van der Waals surface area contributed by atoms with Crippen LogP contribution in [0.15, 0.2) is 12.5 Å². The van der Waals surface area contributed by atoms with Crippen LogP contribution in [-0.4, -0.2) is 63.2 Å². The Labute approximate surface area is 162 Å². The van der Waals surface area contributed by atoms with Gasteiger partial charge in [-0.2, -0.15) is 0 Å². The second-order valence-corrected chi connectivity index (χ2v) is 7.34. The first kappa shape index (κ1) is 19.8. The van der Waals surface area contributed by atoms with Gasteiger partial charge in [-0.15, -0.1) is 0 Å². The van der Waals surface area contributed by atoms with Crippen molar-refractivity contribution >= 4 is 23.6 Å². The number of nitrogens with zero attached hydrogens (tertiary/aromatic N) is 2. The fourth-order valence-corrected chi connectivity index (χ4v) is 4.02. The van der Waals surface area contributed by atoms with Gasteiger partial charge in [0.2, 0.25) is 23.6 Å². The molecule has 3 rings (SSSR count). The number of primary amides is 1. The summed E-state index contributed by atoms with van der Waals surface area (Å²) in [5.41, 5.74) is 6.24. The third kappa shape index (κ3) is 4.15. The third-order valence-electron chi connectivity index (χ3n) is 5.53. The summed E-state index contributed by atoms with van der Waals surface area (Å²) in [4.78, 5) is 57.5. The van der Waals surface area contributed by atoms with Crippen LogP contribution in [-0.2, 0) is 25.6 Å². The van der Waals surface area contributed by atoms with E-state index in [9.17, 15) is 19.2 Å². The zero-order chi connectivity index (χ0) is 20.3. The van der Waals surface area contributed by atoms with Gasteiger partial charge >= 0.3 is 0 Å². The summed E-state index contributed by atoms with van der Waals surface area (Å²) in [7, 11) is 0. The van der Waals surface area contributed by atoms with Gasteiger partial charge in [-0.3, -0.25) is 19.2 Å². The molecule has 0 saturated carbocycles. The van der Waals surface area contributed by atoms with Crippen molar-refractivity contribution in [2.45, 2.75) is 57.2 Å². The second-order valence-electron chi connectivity index (χ2n) is 7.34. The monoisotopic (exact) mass is 390 g/mol. The molecule has 2 fully saturated rings. The molecule has 10 nitrogen and oxygen atoms in total.